The third kappa shape index (κ3) is 10.9. The number of fused-ring (bicyclic) bond motifs is 1. The lowest BCUT2D eigenvalue weighted by atomic mass is 10.0. The van der Waals surface area contributed by atoms with Crippen LogP contribution in [0, 0.1) is 5.92 Å². The van der Waals surface area contributed by atoms with E-state index in [0.717, 1.165) is 17.8 Å². The molecular formula is C30H42F3N3O7S2. The maximum atomic E-state index is 14.2. The second-order valence-electron chi connectivity index (χ2n) is 11.4. The minimum absolute atomic E-state index is 0.0120. The van der Waals surface area contributed by atoms with Crippen molar-refractivity contribution in [2.45, 2.75) is 81.5 Å². The van der Waals surface area contributed by atoms with Crippen molar-refractivity contribution in [3.63, 3.8) is 0 Å². The molecule has 0 aliphatic carbocycles. The molecule has 0 unspecified atom stereocenters. The van der Waals surface area contributed by atoms with Crippen molar-refractivity contribution in [1.82, 2.24) is 9.80 Å². The molecule has 3 rings (SSSR count). The number of halogens is 3. The van der Waals surface area contributed by atoms with E-state index in [9.17, 15) is 36.3 Å². The van der Waals surface area contributed by atoms with Crippen molar-refractivity contribution in [2.75, 3.05) is 38.1 Å². The Bertz CT molecular complexity index is 1370. The topological polar surface area (TPSA) is 125 Å². The van der Waals surface area contributed by atoms with E-state index in [1.54, 1.807) is 31.4 Å². The highest BCUT2D eigenvalue weighted by Gasteiger charge is 2.32. The van der Waals surface area contributed by atoms with Crippen LogP contribution >= 0.6 is 11.3 Å². The van der Waals surface area contributed by atoms with Gasteiger partial charge in [-0.25, -0.2) is 8.42 Å². The molecule has 2 heterocycles. The van der Waals surface area contributed by atoms with E-state index in [4.69, 9.17) is 9.47 Å². The van der Waals surface area contributed by atoms with Gasteiger partial charge in [0.05, 0.1) is 36.8 Å². The van der Waals surface area contributed by atoms with Gasteiger partial charge in [0.1, 0.15) is 9.96 Å². The number of hydrogen-bond acceptors (Lipinski definition) is 8. The number of ether oxygens (including phenoxy) is 2. The average Bonchev–Trinajstić information content (AvgIpc) is 3.53. The summed E-state index contributed by atoms with van der Waals surface area (Å²) in [7, 11) is -2.48. The van der Waals surface area contributed by atoms with Crippen molar-refractivity contribution in [1.29, 1.82) is 0 Å². The molecule has 1 aliphatic heterocycles. The molecule has 4 atom stereocenters. The van der Waals surface area contributed by atoms with E-state index in [1.165, 1.54) is 35.0 Å². The Balaban J connectivity index is 1.94. The van der Waals surface area contributed by atoms with Gasteiger partial charge in [0, 0.05) is 44.8 Å². The van der Waals surface area contributed by atoms with Crippen LogP contribution in [0.5, 0.6) is 5.75 Å². The number of sulfonamides is 1. The van der Waals surface area contributed by atoms with Gasteiger partial charge in [0.15, 0.2) is 0 Å². The summed E-state index contributed by atoms with van der Waals surface area (Å²) in [6, 6.07) is 6.88. The smallest absolute Gasteiger partial charge is 0.389 e. The minimum atomic E-state index is -4.45. The predicted octanol–water partition coefficient (Wildman–Crippen LogP) is 5.15. The molecule has 1 aromatic heterocycles. The summed E-state index contributed by atoms with van der Waals surface area (Å²) in [6.07, 6.45) is -5.27. The maximum Gasteiger partial charge on any atom is 0.389 e. The number of alkyl halides is 3. The van der Waals surface area contributed by atoms with Gasteiger partial charge in [-0.2, -0.15) is 13.2 Å². The highest BCUT2D eigenvalue weighted by molar-refractivity contribution is 7.94. The lowest BCUT2D eigenvalue weighted by Crippen LogP contribution is -2.48. The molecule has 2 aromatic rings. The van der Waals surface area contributed by atoms with E-state index < -0.39 is 58.9 Å². The zero-order valence-electron chi connectivity index (χ0n) is 25.9. The number of aliphatic hydroxyl groups excluding tert-OH is 1. The van der Waals surface area contributed by atoms with Gasteiger partial charge in [-0.1, -0.05) is 13.0 Å². The molecule has 0 spiro atoms. The SMILES string of the molecule is C[C@@H]1CCCCO[C@@H](CN(C)C(=O)CCC(F)(F)F)[C@H](C)CN([C@@H](C)CO)C(=O)c2cc(NS(=O)(=O)c3cccs3)ccc2O1. The Labute approximate surface area is 266 Å². The van der Waals surface area contributed by atoms with Gasteiger partial charge in [-0.05, 0) is 62.8 Å². The van der Waals surface area contributed by atoms with Crippen molar-refractivity contribution < 1.29 is 45.8 Å². The van der Waals surface area contributed by atoms with Crippen LogP contribution in [0.4, 0.5) is 18.9 Å². The summed E-state index contributed by atoms with van der Waals surface area (Å²) in [5, 5.41) is 11.7. The highest BCUT2D eigenvalue weighted by atomic mass is 32.2. The van der Waals surface area contributed by atoms with E-state index in [-0.39, 0.29) is 47.0 Å². The van der Waals surface area contributed by atoms with Crippen LogP contribution in [0.25, 0.3) is 0 Å². The molecule has 2 amide bonds. The number of carbonyl (C=O) groups excluding carboxylic acids is 2. The van der Waals surface area contributed by atoms with Crippen LogP contribution in [-0.2, 0) is 19.6 Å². The first-order valence-electron chi connectivity index (χ1n) is 14.8. The number of rotatable bonds is 9. The molecule has 0 saturated carbocycles. The van der Waals surface area contributed by atoms with Crippen molar-refractivity contribution in [2.24, 2.45) is 5.92 Å². The molecule has 252 valence electrons. The molecule has 1 aromatic carbocycles. The van der Waals surface area contributed by atoms with Gasteiger partial charge >= 0.3 is 6.18 Å². The van der Waals surface area contributed by atoms with Crippen LogP contribution < -0.4 is 9.46 Å². The second-order valence-corrected chi connectivity index (χ2v) is 14.3. The van der Waals surface area contributed by atoms with Gasteiger partial charge in [-0.15, -0.1) is 11.3 Å². The van der Waals surface area contributed by atoms with E-state index in [1.807, 2.05) is 6.92 Å². The Morgan fingerprint density at radius 2 is 1.98 bits per heavy atom. The fourth-order valence-corrected chi connectivity index (χ4v) is 6.92. The summed E-state index contributed by atoms with van der Waals surface area (Å²) in [6.45, 7) is 5.35. The monoisotopic (exact) mass is 677 g/mol. The quantitative estimate of drug-likeness (QED) is 0.377. The number of nitrogens with one attached hydrogen (secondary N) is 1. The highest BCUT2D eigenvalue weighted by Crippen LogP contribution is 2.30. The van der Waals surface area contributed by atoms with Crippen LogP contribution in [0.15, 0.2) is 39.9 Å². The summed E-state index contributed by atoms with van der Waals surface area (Å²) >= 11 is 1.05. The molecular weight excluding hydrogens is 635 g/mol. The minimum Gasteiger partial charge on any atom is -0.490 e. The fraction of sp³-hybridized carbons (Fsp3) is 0.600. The number of amides is 2. The van der Waals surface area contributed by atoms with E-state index >= 15 is 0 Å². The number of anilines is 1. The molecule has 0 saturated heterocycles. The standard InChI is InChI=1S/C30H42F3N3O7S2/c1-20-17-36(21(2)19-37)29(39)24-16-23(34-45(40,41)28-9-7-15-44-28)10-11-25(24)43-22(3)8-5-6-14-42-26(20)18-35(4)27(38)12-13-30(31,32)33/h7,9-11,15-16,20-22,26,34,37H,5-6,8,12-14,17-19H2,1-4H3/t20-,21+,22-,26+/m1/s1. The molecule has 0 fully saturated rings. The summed E-state index contributed by atoms with van der Waals surface area (Å²) < 4.78 is 78.9. The largest absolute Gasteiger partial charge is 0.490 e. The van der Waals surface area contributed by atoms with E-state index in [2.05, 4.69) is 4.72 Å². The number of likely N-dealkylation sites (N-methyl/N-ethyl adjacent to an activating group) is 1. The summed E-state index contributed by atoms with van der Waals surface area (Å²) in [5.41, 5.74) is 0.243. The third-order valence-electron chi connectivity index (χ3n) is 7.57. The molecule has 15 heteroatoms. The number of thiophene rings is 1. The van der Waals surface area contributed by atoms with Crippen molar-refractivity contribution >= 4 is 38.9 Å². The summed E-state index contributed by atoms with van der Waals surface area (Å²) in [4.78, 5) is 29.3. The van der Waals surface area contributed by atoms with Crippen molar-refractivity contribution in [3.05, 3.63) is 41.3 Å². The molecule has 0 radical (unpaired) electrons. The molecule has 45 heavy (non-hydrogen) atoms. The van der Waals surface area contributed by atoms with Gasteiger partial charge < -0.3 is 24.4 Å². The van der Waals surface area contributed by atoms with Gasteiger partial charge in [0.25, 0.3) is 15.9 Å². The first-order valence-corrected chi connectivity index (χ1v) is 17.2. The lowest BCUT2D eigenvalue weighted by molar-refractivity contribution is -0.149. The van der Waals surface area contributed by atoms with Crippen molar-refractivity contribution in [3.8, 4) is 5.75 Å². The number of nitrogens with zero attached hydrogens (tertiary/aromatic N) is 2. The van der Waals surface area contributed by atoms with Crippen LogP contribution in [-0.4, -0.2) is 92.9 Å². The van der Waals surface area contributed by atoms with Crippen LogP contribution in [0.3, 0.4) is 0 Å². The average molecular weight is 678 g/mol. The number of carbonyl (C=O) groups is 2. The zero-order valence-corrected chi connectivity index (χ0v) is 27.5. The zero-order chi connectivity index (χ0) is 33.4. The Kier molecular flexibility index (Phi) is 13.1. The predicted molar refractivity (Wildman–Crippen MR) is 165 cm³/mol. The fourth-order valence-electron chi connectivity index (χ4n) is 4.88. The van der Waals surface area contributed by atoms with Crippen LogP contribution in [0.1, 0.15) is 63.2 Å². The third-order valence-corrected chi connectivity index (χ3v) is 10.3. The Morgan fingerprint density at radius 3 is 2.62 bits per heavy atom. The molecule has 0 bridgehead atoms. The summed E-state index contributed by atoms with van der Waals surface area (Å²) in [5.74, 6) is -1.34. The lowest BCUT2D eigenvalue weighted by Gasteiger charge is -2.36. The first-order chi connectivity index (χ1) is 21.1. The second kappa shape index (κ2) is 16.1. The number of benzene rings is 1. The molecule has 1 aliphatic rings. The maximum absolute atomic E-state index is 14.2. The van der Waals surface area contributed by atoms with Gasteiger partial charge in [-0.3, -0.25) is 14.3 Å². The van der Waals surface area contributed by atoms with E-state index in [0.29, 0.717) is 19.4 Å². The molecule has 10 nitrogen and oxygen atoms in total. The normalized spacial score (nSPS) is 21.3. The van der Waals surface area contributed by atoms with Gasteiger partial charge in [0.2, 0.25) is 5.91 Å². The number of aliphatic hydroxyl groups is 1. The number of hydrogen-bond donors (Lipinski definition) is 2. The first kappa shape index (κ1) is 36.6. The van der Waals surface area contributed by atoms with Crippen LogP contribution in [0.2, 0.25) is 0 Å². The Morgan fingerprint density at radius 1 is 1.24 bits per heavy atom. The molecule has 2 N–H and O–H groups in total. The Hall–Kier alpha value is -2.88.